The van der Waals surface area contributed by atoms with E-state index in [1.54, 1.807) is 18.2 Å². The average Bonchev–Trinajstić information content (AvgIpc) is 3.03. The van der Waals surface area contributed by atoms with E-state index in [1.165, 1.54) is 18.5 Å². The van der Waals surface area contributed by atoms with Crippen molar-refractivity contribution in [1.82, 2.24) is 20.2 Å². The highest BCUT2D eigenvalue weighted by molar-refractivity contribution is 5.60. The summed E-state index contributed by atoms with van der Waals surface area (Å²) in [5.74, 6) is -0.573. The van der Waals surface area contributed by atoms with E-state index >= 15 is 0 Å². The van der Waals surface area contributed by atoms with Crippen molar-refractivity contribution >= 4 is 5.69 Å². The fourth-order valence-corrected chi connectivity index (χ4v) is 1.47. The highest BCUT2D eigenvalue weighted by Crippen LogP contribution is 2.19. The normalized spacial score (nSPS) is 9.05. The molecular weight excluding hydrogens is 275 g/mol. The largest absolute Gasteiger partial charge is 0.345 e. The molecule has 1 aromatic heterocycles. The smallest absolute Gasteiger partial charge is 0.163 e. The molecule has 9 heteroatoms. The molecule has 0 amide bonds. The number of tetrazole rings is 1. The minimum atomic E-state index is -0.573. The second-order valence-electron chi connectivity index (χ2n) is 3.63. The molecule has 2 rings (SSSR count). The zero-order chi connectivity index (χ0) is 15.2. The lowest BCUT2D eigenvalue weighted by Crippen LogP contribution is -2.04. The molecule has 0 bridgehead atoms. The lowest BCUT2D eigenvalue weighted by molar-refractivity contribution is 0.607. The second-order valence-corrected chi connectivity index (χ2v) is 3.63. The van der Waals surface area contributed by atoms with E-state index in [1.807, 2.05) is 0 Å². The number of anilines is 1. The Kier molecular flexibility index (Phi) is 3.85. The van der Waals surface area contributed by atoms with E-state index in [-0.39, 0.29) is 17.0 Å². The van der Waals surface area contributed by atoms with Crippen LogP contribution in [-0.2, 0) is 0 Å². The predicted octanol–water partition coefficient (Wildman–Crippen LogP) is 1.04. The van der Waals surface area contributed by atoms with E-state index in [0.29, 0.717) is 5.69 Å². The molecule has 100 valence electrons. The molecule has 0 aliphatic rings. The maximum Gasteiger partial charge on any atom is 0.163 e. The Hall–Kier alpha value is -3.77. The molecule has 0 aliphatic heterocycles. The number of nitrogens with zero attached hydrogens (tertiary/aromatic N) is 7. The van der Waals surface area contributed by atoms with Crippen LogP contribution in [0.5, 0.6) is 0 Å². The monoisotopic (exact) mass is 280 g/mol. The molecule has 8 nitrogen and oxygen atoms in total. The molecule has 1 N–H and O–H groups in total. The highest BCUT2D eigenvalue weighted by Gasteiger charge is 2.10. The Morgan fingerprint density at radius 2 is 1.95 bits per heavy atom. The van der Waals surface area contributed by atoms with Gasteiger partial charge in [-0.05, 0) is 28.6 Å². The van der Waals surface area contributed by atoms with Crippen LogP contribution >= 0.6 is 0 Å². The molecule has 0 saturated heterocycles. The van der Waals surface area contributed by atoms with E-state index in [2.05, 4.69) is 20.8 Å². The summed E-state index contributed by atoms with van der Waals surface area (Å²) < 4.78 is 14.8. The molecule has 0 atom stereocenters. The van der Waals surface area contributed by atoms with Gasteiger partial charge in [-0.25, -0.2) is 4.39 Å². The van der Waals surface area contributed by atoms with Crippen LogP contribution in [0.3, 0.4) is 0 Å². The third kappa shape index (κ3) is 2.80. The number of nitriles is 3. The number of hydrogen-bond donors (Lipinski definition) is 1. The summed E-state index contributed by atoms with van der Waals surface area (Å²) in [6.07, 6.45) is 1.21. The Morgan fingerprint density at radius 1 is 1.19 bits per heavy atom. The van der Waals surface area contributed by atoms with Crippen LogP contribution in [0.25, 0.3) is 5.69 Å². The Labute approximate surface area is 118 Å². The Morgan fingerprint density at radius 3 is 2.52 bits per heavy atom. The SMILES string of the molecule is N#CC(C#N)=C(C#N)Nc1ccc(F)c(-n2cnnn2)c1. The molecule has 1 heterocycles. The molecular formula is C12H5FN8. The first-order chi connectivity index (χ1) is 10.2. The van der Waals surface area contributed by atoms with Gasteiger partial charge in [-0.1, -0.05) is 0 Å². The van der Waals surface area contributed by atoms with Crippen molar-refractivity contribution in [2.24, 2.45) is 0 Å². The van der Waals surface area contributed by atoms with Crippen molar-refractivity contribution in [3.05, 3.63) is 41.6 Å². The van der Waals surface area contributed by atoms with Gasteiger partial charge in [-0.15, -0.1) is 5.10 Å². The van der Waals surface area contributed by atoms with Gasteiger partial charge in [0.05, 0.1) is 0 Å². The fraction of sp³-hybridized carbons (Fsp3) is 0. The molecule has 21 heavy (non-hydrogen) atoms. The van der Waals surface area contributed by atoms with Crippen molar-refractivity contribution in [2.45, 2.75) is 0 Å². The molecule has 0 aliphatic carbocycles. The second kappa shape index (κ2) is 5.91. The van der Waals surface area contributed by atoms with Crippen molar-refractivity contribution in [3.8, 4) is 23.9 Å². The van der Waals surface area contributed by atoms with E-state index in [0.717, 1.165) is 10.7 Å². The summed E-state index contributed by atoms with van der Waals surface area (Å²) in [4.78, 5) is 0. The van der Waals surface area contributed by atoms with Crippen LogP contribution in [0.2, 0.25) is 0 Å². The molecule has 0 unspecified atom stereocenters. The fourth-order valence-electron chi connectivity index (χ4n) is 1.47. The summed E-state index contributed by atoms with van der Waals surface area (Å²) in [6, 6.07) is 8.74. The van der Waals surface area contributed by atoms with Crippen LogP contribution in [0.15, 0.2) is 35.8 Å². The number of allylic oxidation sites excluding steroid dienone is 2. The molecule has 0 spiro atoms. The van der Waals surface area contributed by atoms with Crippen molar-refractivity contribution < 1.29 is 4.39 Å². The maximum atomic E-state index is 13.7. The lowest BCUT2D eigenvalue weighted by atomic mass is 10.2. The molecule has 0 fully saturated rings. The van der Waals surface area contributed by atoms with Gasteiger partial charge in [0.2, 0.25) is 0 Å². The minimum absolute atomic E-state index is 0.0535. The molecule has 2 aromatic rings. The van der Waals surface area contributed by atoms with Crippen molar-refractivity contribution in [3.63, 3.8) is 0 Å². The number of nitrogens with one attached hydrogen (secondary N) is 1. The zero-order valence-electron chi connectivity index (χ0n) is 10.3. The van der Waals surface area contributed by atoms with E-state index in [9.17, 15) is 4.39 Å². The number of benzene rings is 1. The molecule has 0 radical (unpaired) electrons. The van der Waals surface area contributed by atoms with Crippen LogP contribution in [0, 0.1) is 39.8 Å². The van der Waals surface area contributed by atoms with Crippen molar-refractivity contribution in [2.75, 3.05) is 5.32 Å². The number of aromatic nitrogens is 4. The highest BCUT2D eigenvalue weighted by atomic mass is 19.1. The standard InChI is InChI=1S/C12H5FN8/c13-10-2-1-9(3-12(10)21-7-17-19-20-21)18-11(6-16)8(4-14)5-15/h1-3,7,18H. The first-order valence-corrected chi connectivity index (χ1v) is 5.44. The van der Waals surface area contributed by atoms with Gasteiger partial charge in [-0.2, -0.15) is 20.5 Å². The number of rotatable bonds is 3. The first kappa shape index (κ1) is 13.7. The summed E-state index contributed by atoms with van der Waals surface area (Å²) in [5.41, 5.74) is -0.237. The first-order valence-electron chi connectivity index (χ1n) is 5.44. The van der Waals surface area contributed by atoms with Crippen molar-refractivity contribution in [1.29, 1.82) is 15.8 Å². The lowest BCUT2D eigenvalue weighted by Gasteiger charge is -2.07. The van der Waals surface area contributed by atoms with Gasteiger partial charge < -0.3 is 5.32 Å². The van der Waals surface area contributed by atoms with Gasteiger partial charge in [0.1, 0.15) is 41.7 Å². The quantitative estimate of drug-likeness (QED) is 0.832. The number of halogens is 1. The summed E-state index contributed by atoms with van der Waals surface area (Å²) in [7, 11) is 0. The topological polar surface area (TPSA) is 127 Å². The van der Waals surface area contributed by atoms with Crippen LogP contribution in [0.1, 0.15) is 0 Å². The van der Waals surface area contributed by atoms with Gasteiger partial charge in [0.15, 0.2) is 5.57 Å². The minimum Gasteiger partial charge on any atom is -0.345 e. The van der Waals surface area contributed by atoms with Gasteiger partial charge in [-0.3, -0.25) is 0 Å². The molecule has 0 saturated carbocycles. The average molecular weight is 280 g/mol. The third-order valence-electron chi connectivity index (χ3n) is 2.40. The summed E-state index contributed by atoms with van der Waals surface area (Å²) in [5, 5.41) is 39.4. The summed E-state index contributed by atoms with van der Waals surface area (Å²) >= 11 is 0. The van der Waals surface area contributed by atoms with E-state index in [4.69, 9.17) is 15.8 Å². The van der Waals surface area contributed by atoms with Crippen LogP contribution in [0.4, 0.5) is 10.1 Å². The predicted molar refractivity (Wildman–Crippen MR) is 66.6 cm³/mol. The van der Waals surface area contributed by atoms with Gasteiger partial charge >= 0.3 is 0 Å². The van der Waals surface area contributed by atoms with Crippen LogP contribution in [-0.4, -0.2) is 20.2 Å². The third-order valence-corrected chi connectivity index (χ3v) is 2.40. The number of hydrogen-bond acceptors (Lipinski definition) is 7. The van der Waals surface area contributed by atoms with Gasteiger partial charge in [0, 0.05) is 5.69 Å². The van der Waals surface area contributed by atoms with E-state index < -0.39 is 5.82 Å². The zero-order valence-corrected chi connectivity index (χ0v) is 10.3. The Balaban J connectivity index is 2.42. The molecule has 1 aromatic carbocycles. The van der Waals surface area contributed by atoms with Gasteiger partial charge in [0.25, 0.3) is 0 Å². The maximum absolute atomic E-state index is 13.7. The van der Waals surface area contributed by atoms with Crippen LogP contribution < -0.4 is 5.32 Å². The Bertz CT molecular complexity index is 800. The summed E-state index contributed by atoms with van der Waals surface area (Å²) in [6.45, 7) is 0.